The number of benzene rings is 3. The Hall–Kier alpha value is -4.06. The molecule has 3 aromatic rings. The van der Waals surface area contributed by atoms with Gasteiger partial charge < -0.3 is 14.6 Å². The summed E-state index contributed by atoms with van der Waals surface area (Å²) in [6.45, 7) is 10.5. The second kappa shape index (κ2) is 10.1. The van der Waals surface area contributed by atoms with Crippen molar-refractivity contribution in [3.63, 3.8) is 0 Å². The number of Topliss-reactive ketones (excluding diaryl/α,β-unsaturated/α-hetero) is 1. The summed E-state index contributed by atoms with van der Waals surface area (Å²) in [7, 11) is 1.51. The van der Waals surface area contributed by atoms with Crippen LogP contribution in [0.15, 0.2) is 72.3 Å². The van der Waals surface area contributed by atoms with Gasteiger partial charge in [0, 0.05) is 5.69 Å². The van der Waals surface area contributed by atoms with E-state index in [9.17, 15) is 14.7 Å². The maximum atomic E-state index is 13.6. The van der Waals surface area contributed by atoms with E-state index in [2.05, 4.69) is 20.8 Å². The van der Waals surface area contributed by atoms with Gasteiger partial charge in [0.1, 0.15) is 17.3 Å². The van der Waals surface area contributed by atoms with Crippen molar-refractivity contribution >= 4 is 23.1 Å². The van der Waals surface area contributed by atoms with Crippen molar-refractivity contribution in [3.05, 3.63) is 94.6 Å². The summed E-state index contributed by atoms with van der Waals surface area (Å²) in [5.41, 5.74) is 3.34. The molecule has 0 radical (unpaired) electrons. The molecule has 0 saturated carbocycles. The molecule has 0 aromatic heterocycles. The Morgan fingerprint density at radius 3 is 2.27 bits per heavy atom. The van der Waals surface area contributed by atoms with Crippen LogP contribution in [0.2, 0.25) is 0 Å². The Morgan fingerprint density at radius 1 is 1.00 bits per heavy atom. The van der Waals surface area contributed by atoms with Crippen LogP contribution in [0.1, 0.15) is 56.0 Å². The zero-order valence-corrected chi connectivity index (χ0v) is 22.2. The predicted molar refractivity (Wildman–Crippen MR) is 145 cm³/mol. The second-order valence-corrected chi connectivity index (χ2v) is 10.1. The fraction of sp³-hybridized carbons (Fsp3) is 0.290. The summed E-state index contributed by atoms with van der Waals surface area (Å²) in [6.07, 6.45) is 0. The molecule has 1 aliphatic heterocycles. The molecule has 1 fully saturated rings. The van der Waals surface area contributed by atoms with Crippen molar-refractivity contribution in [1.29, 1.82) is 0 Å². The van der Waals surface area contributed by atoms with Crippen LogP contribution >= 0.6 is 0 Å². The largest absolute Gasteiger partial charge is 0.507 e. The number of methoxy groups -OCH3 is 1. The molecular formula is C31H33NO5. The van der Waals surface area contributed by atoms with Gasteiger partial charge in [-0.15, -0.1) is 0 Å². The number of anilines is 1. The van der Waals surface area contributed by atoms with Crippen molar-refractivity contribution in [3.8, 4) is 11.5 Å². The molecule has 37 heavy (non-hydrogen) atoms. The molecule has 0 aliphatic carbocycles. The lowest BCUT2D eigenvalue weighted by molar-refractivity contribution is -0.132. The van der Waals surface area contributed by atoms with Gasteiger partial charge in [0.05, 0.1) is 30.9 Å². The topological polar surface area (TPSA) is 76.1 Å². The highest BCUT2D eigenvalue weighted by Gasteiger charge is 2.47. The van der Waals surface area contributed by atoms with Crippen molar-refractivity contribution in [2.24, 2.45) is 0 Å². The highest BCUT2D eigenvalue weighted by molar-refractivity contribution is 6.51. The van der Waals surface area contributed by atoms with E-state index < -0.39 is 17.7 Å². The zero-order chi connectivity index (χ0) is 26.9. The number of rotatable bonds is 6. The number of aryl methyl sites for hydroxylation is 1. The third-order valence-electron chi connectivity index (χ3n) is 6.67. The number of hydrogen-bond acceptors (Lipinski definition) is 5. The summed E-state index contributed by atoms with van der Waals surface area (Å²) in [4.78, 5) is 28.5. The van der Waals surface area contributed by atoms with Gasteiger partial charge >= 0.3 is 0 Å². The number of carbonyl (C=O) groups excluding carboxylic acids is 2. The molecule has 6 heteroatoms. The quantitative estimate of drug-likeness (QED) is 0.244. The van der Waals surface area contributed by atoms with Gasteiger partial charge in [-0.05, 0) is 72.4 Å². The van der Waals surface area contributed by atoms with E-state index in [1.54, 1.807) is 30.3 Å². The Labute approximate surface area is 218 Å². The van der Waals surface area contributed by atoms with E-state index in [1.807, 2.05) is 50.2 Å². The van der Waals surface area contributed by atoms with Gasteiger partial charge in [-0.2, -0.15) is 0 Å². The van der Waals surface area contributed by atoms with Crippen LogP contribution in [-0.4, -0.2) is 30.5 Å². The number of ether oxygens (including phenoxy) is 2. The average molecular weight is 500 g/mol. The minimum absolute atomic E-state index is 0.0255. The van der Waals surface area contributed by atoms with Crippen molar-refractivity contribution in [1.82, 2.24) is 0 Å². The van der Waals surface area contributed by atoms with E-state index in [-0.39, 0.29) is 16.7 Å². The van der Waals surface area contributed by atoms with Gasteiger partial charge in [-0.3, -0.25) is 14.5 Å². The van der Waals surface area contributed by atoms with E-state index in [1.165, 1.54) is 12.0 Å². The molecule has 1 amide bonds. The van der Waals surface area contributed by atoms with Crippen LogP contribution in [0.3, 0.4) is 0 Å². The monoisotopic (exact) mass is 499 g/mol. The first-order chi connectivity index (χ1) is 17.6. The molecule has 1 N–H and O–H groups in total. The molecule has 4 rings (SSSR count). The summed E-state index contributed by atoms with van der Waals surface area (Å²) < 4.78 is 11.1. The molecule has 0 bridgehead atoms. The number of ketones is 1. The smallest absolute Gasteiger partial charge is 0.300 e. The first-order valence-corrected chi connectivity index (χ1v) is 12.4. The SMILES string of the molecule is CCOc1ccc(N2C(=O)C(=O)/C(=C(/O)c3cc(C(C)(C)C)ccc3OC)C2c2ccccc2C)cc1. The lowest BCUT2D eigenvalue weighted by Gasteiger charge is -2.27. The van der Waals surface area contributed by atoms with Gasteiger partial charge in [-0.1, -0.05) is 51.1 Å². The molecule has 1 saturated heterocycles. The number of amides is 1. The maximum absolute atomic E-state index is 13.6. The number of aliphatic hydroxyl groups excluding tert-OH is 1. The Kier molecular flexibility index (Phi) is 7.12. The van der Waals surface area contributed by atoms with Gasteiger partial charge in [0.2, 0.25) is 0 Å². The Balaban J connectivity index is 1.97. The normalized spacial score (nSPS) is 17.2. The van der Waals surface area contributed by atoms with Crippen LogP contribution in [0.5, 0.6) is 11.5 Å². The van der Waals surface area contributed by atoms with E-state index in [0.717, 1.165) is 16.7 Å². The molecule has 3 aromatic carbocycles. The molecule has 6 nitrogen and oxygen atoms in total. The van der Waals surface area contributed by atoms with E-state index in [0.29, 0.717) is 29.4 Å². The molecular weight excluding hydrogens is 466 g/mol. The fourth-order valence-electron chi connectivity index (χ4n) is 4.66. The molecule has 1 aliphatic rings. The Bertz CT molecular complexity index is 1370. The van der Waals surface area contributed by atoms with Gasteiger partial charge in [-0.25, -0.2) is 0 Å². The third kappa shape index (κ3) is 4.84. The third-order valence-corrected chi connectivity index (χ3v) is 6.67. The average Bonchev–Trinajstić information content (AvgIpc) is 3.13. The van der Waals surface area contributed by atoms with Crippen LogP contribution in [0.4, 0.5) is 5.69 Å². The van der Waals surface area contributed by atoms with Crippen LogP contribution < -0.4 is 14.4 Å². The maximum Gasteiger partial charge on any atom is 0.300 e. The lowest BCUT2D eigenvalue weighted by Crippen LogP contribution is -2.29. The number of hydrogen-bond donors (Lipinski definition) is 1. The lowest BCUT2D eigenvalue weighted by atomic mass is 9.85. The predicted octanol–water partition coefficient (Wildman–Crippen LogP) is 6.33. The molecule has 1 unspecified atom stereocenters. The highest BCUT2D eigenvalue weighted by Crippen LogP contribution is 2.44. The number of aliphatic hydroxyl groups is 1. The minimum Gasteiger partial charge on any atom is -0.507 e. The van der Waals surface area contributed by atoms with E-state index in [4.69, 9.17) is 9.47 Å². The van der Waals surface area contributed by atoms with Gasteiger partial charge in [0.25, 0.3) is 11.7 Å². The molecule has 1 atom stereocenters. The number of nitrogens with zero attached hydrogens (tertiary/aromatic N) is 1. The van der Waals surface area contributed by atoms with Gasteiger partial charge in [0.15, 0.2) is 0 Å². The zero-order valence-electron chi connectivity index (χ0n) is 22.2. The van der Waals surface area contributed by atoms with Crippen molar-refractivity contribution in [2.45, 2.75) is 46.1 Å². The second-order valence-electron chi connectivity index (χ2n) is 10.1. The van der Waals surface area contributed by atoms with Crippen molar-refractivity contribution in [2.75, 3.05) is 18.6 Å². The standard InChI is InChI=1S/C31H33NO5/c1-7-37-22-15-13-21(14-16-22)32-27(23-11-9-8-10-19(23)2)26(29(34)30(32)35)28(33)24-18-20(31(3,4)5)12-17-25(24)36-6/h8-18,27,33H,7H2,1-6H3/b28-26+. The van der Waals surface area contributed by atoms with E-state index >= 15 is 0 Å². The summed E-state index contributed by atoms with van der Waals surface area (Å²) >= 11 is 0. The Morgan fingerprint density at radius 2 is 1.68 bits per heavy atom. The fourth-order valence-corrected chi connectivity index (χ4v) is 4.66. The molecule has 1 heterocycles. The van der Waals surface area contributed by atoms with Crippen LogP contribution in [0.25, 0.3) is 5.76 Å². The van der Waals surface area contributed by atoms with Crippen LogP contribution in [-0.2, 0) is 15.0 Å². The molecule has 192 valence electrons. The van der Waals surface area contributed by atoms with Crippen LogP contribution in [0, 0.1) is 6.92 Å². The molecule has 0 spiro atoms. The highest BCUT2D eigenvalue weighted by atomic mass is 16.5. The summed E-state index contributed by atoms with van der Waals surface area (Å²) in [5, 5.41) is 11.7. The summed E-state index contributed by atoms with van der Waals surface area (Å²) in [5.74, 6) is -0.629. The first-order valence-electron chi connectivity index (χ1n) is 12.4. The first kappa shape index (κ1) is 26.0. The van der Waals surface area contributed by atoms with Crippen molar-refractivity contribution < 1.29 is 24.2 Å². The summed E-state index contributed by atoms with van der Waals surface area (Å²) in [6, 6.07) is 19.3. The number of carbonyl (C=O) groups is 2. The minimum atomic E-state index is -0.817.